The number of carbonyl (C=O) groups excluding carboxylic acids is 1. The van der Waals surface area contributed by atoms with E-state index in [1.165, 1.54) is 0 Å². The largest absolute Gasteiger partial charge is 0.489 e. The quantitative estimate of drug-likeness (QED) is 0.195. The molecule has 0 spiro atoms. The molecule has 1 aliphatic rings. The summed E-state index contributed by atoms with van der Waals surface area (Å²) in [5.74, 6) is 1.90. The summed E-state index contributed by atoms with van der Waals surface area (Å²) in [6.45, 7) is 6.52. The molecule has 4 rings (SSSR count). The number of esters is 1. The van der Waals surface area contributed by atoms with Crippen molar-refractivity contribution in [3.8, 4) is 5.75 Å². The number of nitrogens with zero attached hydrogens (tertiary/aromatic N) is 3. The van der Waals surface area contributed by atoms with E-state index in [-0.39, 0.29) is 5.97 Å². The van der Waals surface area contributed by atoms with E-state index in [4.69, 9.17) is 26.2 Å². The van der Waals surface area contributed by atoms with Crippen molar-refractivity contribution in [1.29, 1.82) is 0 Å². The van der Waals surface area contributed by atoms with Crippen LogP contribution in [0.25, 0.3) is 0 Å². The number of carbonyl (C=O) groups is 1. The molecule has 1 aromatic heterocycles. The summed E-state index contributed by atoms with van der Waals surface area (Å²) in [7, 11) is 0. The van der Waals surface area contributed by atoms with Crippen LogP contribution in [-0.2, 0) is 16.1 Å². The van der Waals surface area contributed by atoms with Gasteiger partial charge in [0.25, 0.3) is 0 Å². The highest BCUT2D eigenvalue weighted by molar-refractivity contribution is 7.99. The number of rotatable bonds is 10. The van der Waals surface area contributed by atoms with Crippen molar-refractivity contribution in [3.05, 3.63) is 76.0 Å². The van der Waals surface area contributed by atoms with Gasteiger partial charge in [-0.3, -0.25) is 0 Å². The van der Waals surface area contributed by atoms with Crippen LogP contribution >= 0.6 is 23.4 Å². The van der Waals surface area contributed by atoms with Crippen molar-refractivity contribution in [2.24, 2.45) is 0 Å². The summed E-state index contributed by atoms with van der Waals surface area (Å²) in [5, 5.41) is 9.33. The lowest BCUT2D eigenvalue weighted by atomic mass is 9.96. The van der Waals surface area contributed by atoms with Crippen LogP contribution in [0.2, 0.25) is 5.02 Å². The number of fused-ring (bicyclic) bond motifs is 1. The lowest BCUT2D eigenvalue weighted by Gasteiger charge is -2.28. The zero-order chi connectivity index (χ0) is 24.8. The second kappa shape index (κ2) is 11.6. The summed E-state index contributed by atoms with van der Waals surface area (Å²) in [5.41, 5.74) is 3.10. The van der Waals surface area contributed by atoms with E-state index >= 15 is 0 Å². The molecule has 184 valence electrons. The van der Waals surface area contributed by atoms with Crippen molar-refractivity contribution in [3.63, 3.8) is 0 Å². The Bertz CT molecular complexity index is 1210. The number of unbranched alkanes of at least 4 members (excludes halogenated alkanes) is 1. The minimum absolute atomic E-state index is 0.293. The van der Waals surface area contributed by atoms with Crippen molar-refractivity contribution >= 4 is 35.3 Å². The third-order valence-electron chi connectivity index (χ3n) is 5.55. The van der Waals surface area contributed by atoms with Crippen LogP contribution in [0.15, 0.2) is 65.0 Å². The van der Waals surface area contributed by atoms with Crippen LogP contribution in [-0.4, -0.2) is 33.1 Å². The first-order valence-electron chi connectivity index (χ1n) is 11.7. The SMILES string of the molecule is CCCCSc1nc2n(n1)C(c1ccc(OCc3cccc(Cl)c3)cc1)C(C(=O)OCC)=C(C)N2. The smallest absolute Gasteiger partial charge is 0.338 e. The minimum atomic E-state index is -0.458. The molecule has 1 unspecified atom stereocenters. The Morgan fingerprint density at radius 2 is 2.00 bits per heavy atom. The van der Waals surface area contributed by atoms with Crippen molar-refractivity contribution in [2.45, 2.75) is 51.4 Å². The van der Waals surface area contributed by atoms with E-state index in [9.17, 15) is 4.79 Å². The summed E-state index contributed by atoms with van der Waals surface area (Å²) in [6.07, 6.45) is 2.20. The first-order valence-corrected chi connectivity index (χ1v) is 13.1. The summed E-state index contributed by atoms with van der Waals surface area (Å²) < 4.78 is 13.1. The summed E-state index contributed by atoms with van der Waals surface area (Å²) >= 11 is 7.69. The third-order valence-corrected chi connectivity index (χ3v) is 6.71. The van der Waals surface area contributed by atoms with Gasteiger partial charge in [-0.25, -0.2) is 9.48 Å². The molecule has 0 radical (unpaired) electrons. The van der Waals surface area contributed by atoms with Gasteiger partial charge in [-0.05, 0) is 55.7 Å². The third kappa shape index (κ3) is 6.00. The Morgan fingerprint density at radius 1 is 1.20 bits per heavy atom. The van der Waals surface area contributed by atoms with E-state index in [1.807, 2.05) is 55.5 Å². The molecule has 0 amide bonds. The first-order chi connectivity index (χ1) is 17.0. The highest BCUT2D eigenvalue weighted by atomic mass is 35.5. The number of thioether (sulfide) groups is 1. The van der Waals surface area contributed by atoms with Gasteiger partial charge in [0.2, 0.25) is 11.1 Å². The standard InChI is InChI=1S/C26H29ClN4O3S/c1-4-6-14-35-26-29-25-28-17(3)22(24(32)33-5-2)23(31(25)30-26)19-10-12-21(13-11-19)34-16-18-8-7-9-20(27)15-18/h7-13,15,23H,4-6,14,16H2,1-3H3,(H,28,29,30). The van der Waals surface area contributed by atoms with Gasteiger partial charge >= 0.3 is 5.97 Å². The number of hydrogen-bond acceptors (Lipinski definition) is 7. The highest BCUT2D eigenvalue weighted by Crippen LogP contribution is 2.37. The van der Waals surface area contributed by atoms with Gasteiger partial charge in [-0.1, -0.05) is 61.0 Å². The molecule has 1 N–H and O–H groups in total. The molecule has 1 aliphatic heterocycles. The van der Waals surface area contributed by atoms with E-state index in [1.54, 1.807) is 23.4 Å². The Labute approximate surface area is 214 Å². The first kappa shape index (κ1) is 25.1. The second-order valence-electron chi connectivity index (χ2n) is 8.14. The van der Waals surface area contributed by atoms with Gasteiger partial charge in [-0.2, -0.15) is 4.98 Å². The molecule has 2 heterocycles. The van der Waals surface area contributed by atoms with Gasteiger partial charge in [0.1, 0.15) is 18.4 Å². The number of allylic oxidation sites excluding steroid dienone is 1. The Hall–Kier alpha value is -2.97. The molecule has 2 aromatic carbocycles. The van der Waals surface area contributed by atoms with Crippen LogP contribution < -0.4 is 10.1 Å². The molecular formula is C26H29ClN4O3S. The Kier molecular flexibility index (Phi) is 8.36. The number of benzene rings is 2. The number of anilines is 1. The molecule has 0 fully saturated rings. The lowest BCUT2D eigenvalue weighted by Crippen LogP contribution is -2.29. The van der Waals surface area contributed by atoms with Gasteiger partial charge in [0.05, 0.1) is 12.2 Å². The predicted molar refractivity (Wildman–Crippen MR) is 139 cm³/mol. The average Bonchev–Trinajstić information content (AvgIpc) is 3.25. The summed E-state index contributed by atoms with van der Waals surface area (Å²) in [6, 6.07) is 14.8. The van der Waals surface area contributed by atoms with Crippen LogP contribution in [0, 0.1) is 0 Å². The zero-order valence-electron chi connectivity index (χ0n) is 20.1. The molecule has 7 nitrogen and oxygen atoms in total. The minimum Gasteiger partial charge on any atom is -0.489 e. The lowest BCUT2D eigenvalue weighted by molar-refractivity contribution is -0.139. The fraction of sp³-hybridized carbons (Fsp3) is 0.346. The van der Waals surface area contributed by atoms with E-state index in [2.05, 4.69) is 17.2 Å². The monoisotopic (exact) mass is 512 g/mol. The zero-order valence-corrected chi connectivity index (χ0v) is 21.7. The number of ether oxygens (including phenoxy) is 2. The number of halogens is 1. The molecule has 3 aromatic rings. The van der Waals surface area contributed by atoms with Crippen molar-refractivity contribution < 1.29 is 14.3 Å². The molecular weight excluding hydrogens is 484 g/mol. The van der Waals surface area contributed by atoms with Crippen LogP contribution in [0.1, 0.15) is 50.8 Å². The van der Waals surface area contributed by atoms with Crippen LogP contribution in [0.3, 0.4) is 0 Å². The Balaban J connectivity index is 1.61. The van der Waals surface area contributed by atoms with Gasteiger partial charge in [0.15, 0.2) is 0 Å². The molecule has 1 atom stereocenters. The average molecular weight is 513 g/mol. The second-order valence-corrected chi connectivity index (χ2v) is 9.64. The molecule has 0 aliphatic carbocycles. The normalized spacial score (nSPS) is 14.9. The molecule has 0 saturated heterocycles. The molecule has 9 heteroatoms. The fourth-order valence-corrected chi connectivity index (χ4v) is 4.95. The number of hydrogen-bond donors (Lipinski definition) is 1. The van der Waals surface area contributed by atoms with E-state index in [0.29, 0.717) is 40.6 Å². The van der Waals surface area contributed by atoms with Gasteiger partial charge in [-0.15, -0.1) is 5.10 Å². The highest BCUT2D eigenvalue weighted by Gasteiger charge is 2.35. The maximum atomic E-state index is 13.0. The maximum absolute atomic E-state index is 13.0. The number of aromatic nitrogens is 3. The topological polar surface area (TPSA) is 78.3 Å². The fourth-order valence-electron chi connectivity index (χ4n) is 3.82. The number of nitrogens with one attached hydrogen (secondary N) is 1. The van der Waals surface area contributed by atoms with Crippen molar-refractivity contribution in [2.75, 3.05) is 17.7 Å². The van der Waals surface area contributed by atoms with Crippen molar-refractivity contribution in [1.82, 2.24) is 14.8 Å². The van der Waals surface area contributed by atoms with Gasteiger partial charge < -0.3 is 14.8 Å². The molecule has 35 heavy (non-hydrogen) atoms. The van der Waals surface area contributed by atoms with Crippen LogP contribution in [0.4, 0.5) is 5.95 Å². The van der Waals surface area contributed by atoms with Gasteiger partial charge in [0, 0.05) is 16.5 Å². The Morgan fingerprint density at radius 3 is 2.71 bits per heavy atom. The maximum Gasteiger partial charge on any atom is 0.338 e. The van der Waals surface area contributed by atoms with Crippen LogP contribution in [0.5, 0.6) is 5.75 Å². The van der Waals surface area contributed by atoms with E-state index in [0.717, 1.165) is 35.5 Å². The predicted octanol–water partition coefficient (Wildman–Crippen LogP) is 6.25. The molecule has 0 saturated carbocycles. The summed E-state index contributed by atoms with van der Waals surface area (Å²) in [4.78, 5) is 17.6. The molecule has 0 bridgehead atoms. The van der Waals surface area contributed by atoms with E-state index < -0.39 is 6.04 Å².